The third-order valence-electron chi connectivity index (χ3n) is 15.6. The Morgan fingerprint density at radius 1 is 0.463 bits per heavy atom. The van der Waals surface area contributed by atoms with Gasteiger partial charge in [0.1, 0.15) is 34.1 Å². The maximum absolute atomic E-state index is 9.32. The molecule has 472 valence electrons. The number of phenolic OH excluding ortho intramolecular Hbond substituents is 1. The lowest BCUT2D eigenvalue weighted by atomic mass is 9.92. The summed E-state index contributed by atoms with van der Waals surface area (Å²) in [5, 5.41) is 26.6. The summed E-state index contributed by atoms with van der Waals surface area (Å²) in [5.74, 6) is 3.34. The molecule has 24 heteroatoms. The molecule has 1 aliphatic rings. The molecule has 0 amide bonds. The van der Waals surface area contributed by atoms with Crippen LogP contribution in [0.1, 0.15) is 38.2 Å². The number of aromatic hydroxyl groups is 1. The van der Waals surface area contributed by atoms with Crippen molar-refractivity contribution in [1.82, 2.24) is 79.7 Å². The van der Waals surface area contributed by atoms with Crippen molar-refractivity contribution >= 4 is 101 Å². The monoisotopic (exact) mass is 1320 g/mol. The van der Waals surface area contributed by atoms with Gasteiger partial charge in [-0.2, -0.15) is 0 Å². The van der Waals surface area contributed by atoms with Gasteiger partial charge in [0, 0.05) is 152 Å². The van der Waals surface area contributed by atoms with Crippen LogP contribution in [-0.2, 0) is 0 Å². The van der Waals surface area contributed by atoms with Crippen LogP contribution in [0.2, 0.25) is 0 Å². The minimum atomic E-state index is 0.219. The zero-order valence-electron chi connectivity index (χ0n) is 51.6. The van der Waals surface area contributed by atoms with Crippen molar-refractivity contribution in [2.24, 2.45) is 5.73 Å². The van der Waals surface area contributed by atoms with Crippen molar-refractivity contribution in [3.8, 4) is 56.5 Å². The highest BCUT2D eigenvalue weighted by Gasteiger charge is 2.20. The van der Waals surface area contributed by atoms with E-state index in [4.69, 9.17) is 10.5 Å². The zero-order chi connectivity index (χ0) is 64.9. The van der Waals surface area contributed by atoms with E-state index in [0.29, 0.717) is 42.5 Å². The fraction of sp³-hybridized carbons (Fsp3) is 0.127. The molecule has 0 aliphatic heterocycles. The molecule has 16 rings (SSSR count). The van der Waals surface area contributed by atoms with Gasteiger partial charge in [0.15, 0.2) is 0 Å². The zero-order valence-corrected chi connectivity index (χ0v) is 53.2. The molecule has 11 N–H and O–H groups in total. The number of nitrogens with zero attached hydrogens (tertiary/aromatic N) is 12. The number of fused-ring (bicyclic) bond motifs is 4. The summed E-state index contributed by atoms with van der Waals surface area (Å²) in [6.45, 7) is 4.66. The molecule has 0 atom stereocenters. The summed E-state index contributed by atoms with van der Waals surface area (Å²) < 4.78 is 6.50. The Labute approximate surface area is 553 Å². The fourth-order valence-electron chi connectivity index (χ4n) is 10.9. The average Bonchev–Trinajstić information content (AvgIpc) is 1.75. The molecule has 0 saturated heterocycles. The number of nitrogens with two attached hydrogens (primary N) is 1. The number of H-pyrrole nitrogens is 4. The molecule has 3 aromatic carbocycles. The van der Waals surface area contributed by atoms with Crippen molar-refractivity contribution in [3.63, 3.8) is 0 Å². The van der Waals surface area contributed by atoms with Gasteiger partial charge in [-0.25, -0.2) is 59.8 Å². The summed E-state index contributed by atoms with van der Waals surface area (Å²) >= 11 is 3.47. The van der Waals surface area contributed by atoms with E-state index < -0.39 is 0 Å². The Bertz CT molecular complexity index is 5050. The molecule has 23 nitrogen and oxygen atoms in total. The highest BCUT2D eigenvalue weighted by atomic mass is 79.9. The molecule has 95 heavy (non-hydrogen) atoms. The number of pyridine rings is 4. The molecular formula is C71H64BrN21O2. The first-order valence-corrected chi connectivity index (χ1v) is 31.6. The number of nitrogens with one attached hydrogen (secondary N) is 8. The highest BCUT2D eigenvalue weighted by Crippen LogP contribution is 2.32. The van der Waals surface area contributed by atoms with Gasteiger partial charge in [0.25, 0.3) is 0 Å². The topological polar surface area (TPSA) is 321 Å². The SMILES string of the molecule is CCOc1ccc(Nc2nccc(-c3c[nH]c4ncccc34)n2)cc1.Cc1cc(Br)ccc1Nc1nccc(-c2c[nH]c3ncccc23)n1.NC1CCC(Nc2nccc(-c3c[nH]c4ncccc34)n2)CC1.Oc1ccc(Nc2nccc(-c3c[nH]c4ncccc34)n2)cc1. The van der Waals surface area contributed by atoms with E-state index in [-0.39, 0.29) is 5.75 Å². The van der Waals surface area contributed by atoms with Gasteiger partial charge in [0.2, 0.25) is 23.8 Å². The minimum Gasteiger partial charge on any atom is -0.508 e. The summed E-state index contributed by atoms with van der Waals surface area (Å²) in [4.78, 5) is 65.6. The number of rotatable bonds is 14. The molecule has 0 bridgehead atoms. The van der Waals surface area contributed by atoms with Gasteiger partial charge in [-0.15, -0.1) is 0 Å². The molecular weight excluding hydrogens is 1260 g/mol. The number of hydrogen-bond acceptors (Lipinski definition) is 19. The predicted molar refractivity (Wildman–Crippen MR) is 377 cm³/mol. The summed E-state index contributed by atoms with van der Waals surface area (Å²) in [5.41, 5.74) is 20.6. The lowest BCUT2D eigenvalue weighted by Crippen LogP contribution is -2.33. The molecule has 1 fully saturated rings. The number of benzene rings is 3. The Balaban J connectivity index is 0.000000115. The van der Waals surface area contributed by atoms with Crippen LogP contribution in [0.4, 0.5) is 40.9 Å². The maximum atomic E-state index is 9.32. The molecule has 12 heterocycles. The van der Waals surface area contributed by atoms with Crippen LogP contribution < -0.4 is 31.7 Å². The standard InChI is InChI=1S/C19H17N5O.C18H14BrN5.C17H20N6.C17H13N5O/c1-2-25-14-7-5-13(6-8-14)23-19-21-11-9-17(24-19)16-12-22-18-15(16)4-3-10-20-18;1-11-9-12(19)4-5-15(11)23-18-21-8-6-16(24-18)14-10-22-17-13(14)3-2-7-20-17;18-11-3-5-12(6-4-11)22-17-20-9-7-15(23-17)14-10-21-16-13(14)2-1-8-19-16;23-12-5-3-11(4-6-12)21-17-19-9-7-15(22-17)14-10-20-16-13(14)2-1-8-18-16/h3-12H,2H2,1H3,(H,20,22)(H,21,23,24);2-10H,1H3,(H,20,22)(H,21,23,24);1-2,7-12H,3-6,18H2,(H,19,21)(H,20,22,23);1-10,23H,(H,18,20)(H,19,21,22). The van der Waals surface area contributed by atoms with E-state index in [2.05, 4.69) is 123 Å². The number of hydrogen-bond donors (Lipinski definition) is 10. The lowest BCUT2D eigenvalue weighted by Gasteiger charge is -2.26. The Kier molecular flexibility index (Phi) is 18.9. The van der Waals surface area contributed by atoms with Gasteiger partial charge >= 0.3 is 0 Å². The van der Waals surface area contributed by atoms with Crippen molar-refractivity contribution < 1.29 is 9.84 Å². The van der Waals surface area contributed by atoms with E-state index in [0.717, 1.165) is 148 Å². The summed E-state index contributed by atoms with van der Waals surface area (Å²) in [6, 6.07) is 44.6. The predicted octanol–water partition coefficient (Wildman–Crippen LogP) is 15.2. The first kappa shape index (κ1) is 61.8. The third kappa shape index (κ3) is 15.2. The smallest absolute Gasteiger partial charge is 0.227 e. The number of ether oxygens (including phenoxy) is 1. The van der Waals surface area contributed by atoms with E-state index in [1.807, 2.05) is 148 Å². The first-order valence-electron chi connectivity index (χ1n) is 30.8. The van der Waals surface area contributed by atoms with Crippen LogP contribution in [0.15, 0.2) is 218 Å². The average molecular weight is 1320 g/mol. The first-order chi connectivity index (χ1) is 46.6. The lowest BCUT2D eigenvalue weighted by molar-refractivity contribution is 0.340. The van der Waals surface area contributed by atoms with Gasteiger partial charge < -0.3 is 56.8 Å². The van der Waals surface area contributed by atoms with Crippen LogP contribution in [0.25, 0.3) is 89.2 Å². The fourth-order valence-corrected chi connectivity index (χ4v) is 11.4. The van der Waals surface area contributed by atoms with Gasteiger partial charge in [0.05, 0.1) is 29.4 Å². The number of aryl methyl sites for hydroxylation is 1. The molecule has 1 saturated carbocycles. The van der Waals surface area contributed by atoms with Crippen LogP contribution >= 0.6 is 15.9 Å². The Morgan fingerprint density at radius 2 is 0.853 bits per heavy atom. The van der Waals surface area contributed by atoms with Gasteiger partial charge in [-0.05, 0) is 185 Å². The molecule has 12 aromatic heterocycles. The van der Waals surface area contributed by atoms with E-state index in [1.165, 1.54) is 0 Å². The highest BCUT2D eigenvalue weighted by molar-refractivity contribution is 9.10. The van der Waals surface area contributed by atoms with Crippen molar-refractivity contribution in [2.75, 3.05) is 27.9 Å². The molecule has 1 aliphatic carbocycles. The van der Waals surface area contributed by atoms with E-state index in [9.17, 15) is 5.11 Å². The van der Waals surface area contributed by atoms with Crippen molar-refractivity contribution in [1.29, 1.82) is 0 Å². The second-order valence-corrected chi connectivity index (χ2v) is 23.0. The quantitative estimate of drug-likeness (QED) is 0.0452. The third-order valence-corrected chi connectivity index (χ3v) is 16.1. The van der Waals surface area contributed by atoms with Gasteiger partial charge in [-0.1, -0.05) is 15.9 Å². The van der Waals surface area contributed by atoms with Crippen LogP contribution in [0.5, 0.6) is 11.5 Å². The largest absolute Gasteiger partial charge is 0.508 e. The normalized spacial score (nSPS) is 13.4. The molecule has 0 spiro atoms. The van der Waals surface area contributed by atoms with E-state index in [1.54, 1.807) is 73.8 Å². The van der Waals surface area contributed by atoms with E-state index >= 15 is 0 Å². The molecule has 15 aromatic rings. The van der Waals surface area contributed by atoms with Gasteiger partial charge in [-0.3, -0.25) is 0 Å². The molecule has 0 radical (unpaired) electrons. The van der Waals surface area contributed by atoms with Crippen LogP contribution in [0.3, 0.4) is 0 Å². The minimum absolute atomic E-state index is 0.219. The van der Waals surface area contributed by atoms with Crippen LogP contribution in [-0.4, -0.2) is 104 Å². The Morgan fingerprint density at radius 3 is 1.26 bits per heavy atom. The maximum Gasteiger partial charge on any atom is 0.227 e. The molecule has 0 unspecified atom stereocenters. The van der Waals surface area contributed by atoms with Crippen molar-refractivity contribution in [3.05, 3.63) is 224 Å². The second-order valence-electron chi connectivity index (χ2n) is 22.1. The van der Waals surface area contributed by atoms with Crippen LogP contribution in [0, 0.1) is 6.92 Å². The number of aromatic amines is 4. The Hall–Kier alpha value is -12.0. The summed E-state index contributed by atoms with van der Waals surface area (Å²) in [7, 11) is 0. The second kappa shape index (κ2) is 29.1. The number of halogens is 1. The van der Waals surface area contributed by atoms with Crippen molar-refractivity contribution in [2.45, 2.75) is 51.6 Å². The number of phenols is 1. The number of aromatic nitrogens is 16. The summed E-state index contributed by atoms with van der Waals surface area (Å²) in [6.07, 6.45) is 26.0. The number of anilines is 7.